The second-order valence-electron chi connectivity index (χ2n) is 9.54. The number of primary amides is 1. The Balaban J connectivity index is 1.75. The van der Waals surface area contributed by atoms with E-state index in [1.807, 2.05) is 0 Å². The molecule has 1 saturated carbocycles. The van der Waals surface area contributed by atoms with Gasteiger partial charge in [-0.05, 0) is 50.6 Å². The molecule has 3 aliphatic carbocycles. The maximum Gasteiger partial charge on any atom is 0.255 e. The van der Waals surface area contributed by atoms with Crippen molar-refractivity contribution in [1.82, 2.24) is 14.9 Å². The molecule has 11 nitrogen and oxygen atoms in total. The molecule has 1 unspecified atom stereocenters. The van der Waals surface area contributed by atoms with Crippen LogP contribution in [0.25, 0.3) is 17.0 Å². The van der Waals surface area contributed by atoms with Crippen LogP contribution in [0.4, 0.5) is 0 Å². The van der Waals surface area contributed by atoms with E-state index in [4.69, 9.17) is 5.73 Å². The first-order chi connectivity index (χ1) is 17.0. The highest BCUT2D eigenvalue weighted by atomic mass is 16.3. The van der Waals surface area contributed by atoms with Crippen molar-refractivity contribution >= 4 is 23.2 Å². The number of likely N-dealkylation sites (N-methyl/N-ethyl adjacent to an activating group) is 1. The number of carbonyl (C=O) groups is 3. The van der Waals surface area contributed by atoms with Gasteiger partial charge in [0.05, 0.1) is 23.5 Å². The van der Waals surface area contributed by atoms with E-state index in [0.717, 1.165) is 0 Å². The number of fused-ring (bicyclic) bond motifs is 3. The van der Waals surface area contributed by atoms with Gasteiger partial charge in [0.1, 0.15) is 22.8 Å². The van der Waals surface area contributed by atoms with Crippen molar-refractivity contribution in [2.24, 2.45) is 17.6 Å². The number of hydrogen-bond donors (Lipinski definition) is 5. The second-order valence-corrected chi connectivity index (χ2v) is 9.54. The SMILES string of the molecule is CN(C)C1C(=O)C(C(N)=O)=C(O)[C@]2(O)C(=O)C3=C(O)c4c(O)ccc(-c5cnccn5)c4C[C@@H]3C[C@H]12. The van der Waals surface area contributed by atoms with Crippen LogP contribution in [0, 0.1) is 11.8 Å². The number of benzene rings is 1. The summed E-state index contributed by atoms with van der Waals surface area (Å²) in [6, 6.07) is 1.86. The largest absolute Gasteiger partial charge is 0.508 e. The Bertz CT molecular complexity index is 1400. The van der Waals surface area contributed by atoms with E-state index >= 15 is 0 Å². The monoisotopic (exact) mass is 492 g/mol. The molecule has 0 aliphatic heterocycles. The topological polar surface area (TPSA) is 187 Å². The lowest BCUT2D eigenvalue weighted by Crippen LogP contribution is -2.65. The number of Topliss-reactive ketones (excluding diaryl/α,β-unsaturated/α-hetero) is 2. The summed E-state index contributed by atoms with van der Waals surface area (Å²) in [6.07, 6.45) is 4.73. The first-order valence-electron chi connectivity index (χ1n) is 11.3. The van der Waals surface area contributed by atoms with Crippen LogP contribution in [-0.2, 0) is 20.8 Å². The van der Waals surface area contributed by atoms with Crippen LogP contribution >= 0.6 is 0 Å². The van der Waals surface area contributed by atoms with Crippen LogP contribution in [0.15, 0.2) is 47.6 Å². The van der Waals surface area contributed by atoms with E-state index < -0.39 is 58.0 Å². The maximum absolute atomic E-state index is 13.8. The first kappa shape index (κ1) is 23.6. The first-order valence-corrected chi connectivity index (χ1v) is 11.3. The molecule has 11 heteroatoms. The van der Waals surface area contributed by atoms with Gasteiger partial charge in [0, 0.05) is 29.4 Å². The van der Waals surface area contributed by atoms with E-state index in [1.54, 1.807) is 20.2 Å². The normalized spacial score (nSPS) is 27.6. The molecule has 3 aliphatic rings. The molecule has 1 heterocycles. The molecule has 5 rings (SSSR count). The number of aliphatic hydroxyl groups excluding tert-OH is 2. The quantitative estimate of drug-likeness (QED) is 0.376. The smallest absolute Gasteiger partial charge is 0.255 e. The van der Waals surface area contributed by atoms with E-state index in [9.17, 15) is 34.8 Å². The summed E-state index contributed by atoms with van der Waals surface area (Å²) >= 11 is 0. The van der Waals surface area contributed by atoms with Crippen molar-refractivity contribution in [3.8, 4) is 17.0 Å². The van der Waals surface area contributed by atoms with Gasteiger partial charge < -0.3 is 26.2 Å². The molecule has 186 valence electrons. The lowest BCUT2D eigenvalue weighted by Gasteiger charge is -2.50. The van der Waals surface area contributed by atoms with Crippen LogP contribution in [0.1, 0.15) is 17.5 Å². The minimum Gasteiger partial charge on any atom is -0.508 e. The molecule has 6 N–H and O–H groups in total. The van der Waals surface area contributed by atoms with Gasteiger partial charge in [0.15, 0.2) is 11.4 Å². The number of amides is 1. The third kappa shape index (κ3) is 3.02. The van der Waals surface area contributed by atoms with Gasteiger partial charge in [0.2, 0.25) is 5.78 Å². The molecule has 0 saturated heterocycles. The average Bonchev–Trinajstić information content (AvgIpc) is 2.81. The fraction of sp³-hybridized carbons (Fsp3) is 0.320. The standard InChI is InChI=1S/C25H24N4O7/c1-29(2)19-13-8-10-7-12-11(14-9-27-5-6-28-14)3-4-15(30)17(12)20(31)16(10)22(33)25(13,36)23(34)18(21(19)32)24(26)35/h3-6,9-10,13,19,30-31,34,36H,7-8H2,1-2H3,(H2,26,35)/t10-,13-,19?,25-/m1/s1. The number of carbonyl (C=O) groups excluding carboxylic acids is 3. The zero-order valence-corrected chi connectivity index (χ0v) is 19.5. The summed E-state index contributed by atoms with van der Waals surface area (Å²) < 4.78 is 0. The van der Waals surface area contributed by atoms with Crippen molar-refractivity contribution in [2.75, 3.05) is 14.1 Å². The Labute approximate surface area is 205 Å². The van der Waals surface area contributed by atoms with Gasteiger partial charge in [-0.15, -0.1) is 0 Å². The number of rotatable bonds is 3. The van der Waals surface area contributed by atoms with Gasteiger partial charge in [-0.3, -0.25) is 29.3 Å². The summed E-state index contributed by atoms with van der Waals surface area (Å²) in [7, 11) is 3.11. The van der Waals surface area contributed by atoms with Crippen molar-refractivity contribution in [3.05, 3.63) is 58.8 Å². The molecular formula is C25H24N4O7. The molecule has 1 aromatic carbocycles. The molecule has 1 fully saturated rings. The molecule has 2 aromatic rings. The Morgan fingerprint density at radius 1 is 1.17 bits per heavy atom. The molecular weight excluding hydrogens is 468 g/mol. The highest BCUT2D eigenvalue weighted by molar-refractivity contribution is 6.24. The molecule has 0 spiro atoms. The lowest BCUT2D eigenvalue weighted by molar-refractivity contribution is -0.153. The Hall–Kier alpha value is -4.09. The highest BCUT2D eigenvalue weighted by Crippen LogP contribution is 2.53. The van der Waals surface area contributed by atoms with Crippen molar-refractivity contribution in [2.45, 2.75) is 24.5 Å². The number of nitrogens with zero attached hydrogens (tertiary/aromatic N) is 3. The third-order valence-electron chi connectivity index (χ3n) is 7.44. The average molecular weight is 492 g/mol. The van der Waals surface area contributed by atoms with Crippen LogP contribution in [0.3, 0.4) is 0 Å². The second kappa shape index (κ2) is 7.97. The highest BCUT2D eigenvalue weighted by Gasteiger charge is 2.64. The van der Waals surface area contributed by atoms with E-state index in [1.165, 1.54) is 29.6 Å². The van der Waals surface area contributed by atoms with E-state index in [2.05, 4.69) is 9.97 Å². The Morgan fingerprint density at radius 3 is 2.50 bits per heavy atom. The number of aliphatic hydroxyl groups is 3. The Kier molecular flexibility index (Phi) is 5.23. The van der Waals surface area contributed by atoms with Gasteiger partial charge in [-0.1, -0.05) is 0 Å². The Morgan fingerprint density at radius 2 is 1.89 bits per heavy atom. The molecule has 0 radical (unpaired) electrons. The number of aromatic nitrogens is 2. The molecule has 36 heavy (non-hydrogen) atoms. The van der Waals surface area contributed by atoms with Crippen molar-refractivity contribution in [3.63, 3.8) is 0 Å². The van der Waals surface area contributed by atoms with Crippen molar-refractivity contribution in [1.29, 1.82) is 0 Å². The predicted molar refractivity (Wildman–Crippen MR) is 125 cm³/mol. The van der Waals surface area contributed by atoms with Crippen LogP contribution in [0.5, 0.6) is 5.75 Å². The minimum absolute atomic E-state index is 0.00874. The number of ketones is 2. The molecule has 1 aromatic heterocycles. The fourth-order valence-corrected chi connectivity index (χ4v) is 5.92. The zero-order chi connectivity index (χ0) is 26.1. The number of phenolic OH excluding ortho intramolecular Hbond substituents is 1. The maximum atomic E-state index is 13.8. The van der Waals surface area contributed by atoms with Crippen molar-refractivity contribution < 1.29 is 34.8 Å². The van der Waals surface area contributed by atoms with Gasteiger partial charge in [0.25, 0.3) is 5.91 Å². The number of nitrogens with two attached hydrogens (primary N) is 1. The summed E-state index contributed by atoms with van der Waals surface area (Å²) in [6.45, 7) is 0. The summed E-state index contributed by atoms with van der Waals surface area (Å²) in [5.41, 5.74) is 3.25. The number of phenols is 1. The summed E-state index contributed by atoms with van der Waals surface area (Å²) in [5, 5.41) is 44.3. The lowest BCUT2D eigenvalue weighted by atomic mass is 9.57. The van der Waals surface area contributed by atoms with E-state index in [0.29, 0.717) is 16.8 Å². The minimum atomic E-state index is -2.66. The van der Waals surface area contributed by atoms with Crippen LogP contribution < -0.4 is 5.73 Å². The number of aromatic hydroxyl groups is 1. The third-order valence-corrected chi connectivity index (χ3v) is 7.44. The summed E-state index contributed by atoms with van der Waals surface area (Å²) in [5.74, 6) is -6.86. The number of hydrogen-bond acceptors (Lipinski definition) is 10. The summed E-state index contributed by atoms with van der Waals surface area (Å²) in [4.78, 5) is 48.8. The van der Waals surface area contributed by atoms with Gasteiger partial charge >= 0.3 is 0 Å². The molecule has 1 amide bonds. The molecule has 4 atom stereocenters. The fourth-order valence-electron chi connectivity index (χ4n) is 5.92. The van der Waals surface area contributed by atoms with Crippen LogP contribution in [0.2, 0.25) is 0 Å². The zero-order valence-electron chi connectivity index (χ0n) is 19.5. The molecule has 0 bridgehead atoms. The van der Waals surface area contributed by atoms with Gasteiger partial charge in [-0.2, -0.15) is 0 Å². The van der Waals surface area contributed by atoms with Crippen LogP contribution in [-0.4, -0.2) is 78.5 Å². The van der Waals surface area contributed by atoms with E-state index in [-0.39, 0.29) is 29.7 Å². The van der Waals surface area contributed by atoms with Gasteiger partial charge in [-0.25, -0.2) is 0 Å². The predicted octanol–water partition coefficient (Wildman–Crippen LogP) is 0.421.